The standard InChI is InChI=1S/C25H27ClN4O4/c1-3-33-25(32)20-13-19(9-10-21(20)26)27-24(31)18-8-5-11-30(14-18)15-22-28-23(29-34-22)17-7-4-6-16(2)12-17/h4,6-7,9-10,12-13,18H,3,5,8,11,14-15H2,1-2H3,(H,27,31). The summed E-state index contributed by atoms with van der Waals surface area (Å²) in [6, 6.07) is 12.7. The van der Waals surface area contributed by atoms with Crippen LogP contribution in [0, 0.1) is 12.8 Å². The first-order valence-electron chi connectivity index (χ1n) is 11.3. The van der Waals surface area contributed by atoms with Gasteiger partial charge in [-0.05, 0) is 57.5 Å². The first-order chi connectivity index (χ1) is 16.4. The molecule has 0 aliphatic carbocycles. The predicted molar refractivity (Wildman–Crippen MR) is 129 cm³/mol. The molecule has 2 aromatic carbocycles. The van der Waals surface area contributed by atoms with Gasteiger partial charge in [-0.15, -0.1) is 0 Å². The van der Waals surface area contributed by atoms with E-state index in [1.54, 1.807) is 25.1 Å². The molecule has 0 saturated carbocycles. The number of likely N-dealkylation sites (tertiary alicyclic amines) is 1. The summed E-state index contributed by atoms with van der Waals surface area (Å²) < 4.78 is 10.5. The molecule has 3 aromatic rings. The molecule has 34 heavy (non-hydrogen) atoms. The summed E-state index contributed by atoms with van der Waals surface area (Å²) in [5.41, 5.74) is 2.78. The maximum absolute atomic E-state index is 12.9. The summed E-state index contributed by atoms with van der Waals surface area (Å²) in [5, 5.41) is 7.30. The fourth-order valence-electron chi connectivity index (χ4n) is 4.04. The summed E-state index contributed by atoms with van der Waals surface area (Å²) in [4.78, 5) is 31.7. The molecule has 1 atom stereocenters. The number of carbonyl (C=O) groups excluding carboxylic acids is 2. The van der Waals surface area contributed by atoms with E-state index in [1.165, 1.54) is 0 Å². The molecule has 9 heteroatoms. The number of benzene rings is 2. The fraction of sp³-hybridized carbons (Fsp3) is 0.360. The number of halogens is 1. The van der Waals surface area contributed by atoms with E-state index in [1.807, 2.05) is 31.2 Å². The highest BCUT2D eigenvalue weighted by Gasteiger charge is 2.27. The van der Waals surface area contributed by atoms with E-state index in [0.717, 1.165) is 30.5 Å². The number of ether oxygens (including phenoxy) is 1. The zero-order valence-electron chi connectivity index (χ0n) is 19.2. The van der Waals surface area contributed by atoms with Gasteiger partial charge in [0, 0.05) is 17.8 Å². The predicted octanol–water partition coefficient (Wildman–Crippen LogP) is 4.73. The van der Waals surface area contributed by atoms with Gasteiger partial charge in [-0.3, -0.25) is 9.69 Å². The van der Waals surface area contributed by atoms with Crippen LogP contribution in [-0.2, 0) is 16.1 Å². The van der Waals surface area contributed by atoms with Crippen LogP contribution in [-0.4, -0.2) is 46.6 Å². The van der Waals surface area contributed by atoms with Gasteiger partial charge in [-0.1, -0.05) is 40.5 Å². The Labute approximate surface area is 203 Å². The number of hydrogen-bond donors (Lipinski definition) is 1. The Balaban J connectivity index is 1.37. The Morgan fingerprint density at radius 3 is 2.91 bits per heavy atom. The van der Waals surface area contributed by atoms with Crippen molar-refractivity contribution in [2.45, 2.75) is 33.2 Å². The van der Waals surface area contributed by atoms with E-state index >= 15 is 0 Å². The number of esters is 1. The van der Waals surface area contributed by atoms with Gasteiger partial charge in [0.1, 0.15) is 0 Å². The van der Waals surface area contributed by atoms with Crippen molar-refractivity contribution in [2.24, 2.45) is 5.92 Å². The van der Waals surface area contributed by atoms with Crippen LogP contribution in [0.25, 0.3) is 11.4 Å². The van der Waals surface area contributed by atoms with Crippen molar-refractivity contribution in [2.75, 3.05) is 25.0 Å². The van der Waals surface area contributed by atoms with E-state index < -0.39 is 5.97 Å². The van der Waals surface area contributed by atoms with Crippen molar-refractivity contribution < 1.29 is 18.8 Å². The van der Waals surface area contributed by atoms with Gasteiger partial charge in [-0.2, -0.15) is 4.98 Å². The van der Waals surface area contributed by atoms with Crippen LogP contribution < -0.4 is 5.32 Å². The number of aryl methyl sites for hydroxylation is 1. The quantitative estimate of drug-likeness (QED) is 0.486. The Morgan fingerprint density at radius 2 is 2.12 bits per heavy atom. The van der Waals surface area contributed by atoms with Crippen molar-refractivity contribution in [3.8, 4) is 11.4 Å². The Bertz CT molecular complexity index is 1180. The van der Waals surface area contributed by atoms with Crippen LogP contribution in [0.15, 0.2) is 47.0 Å². The van der Waals surface area contributed by atoms with Gasteiger partial charge in [-0.25, -0.2) is 4.79 Å². The highest BCUT2D eigenvalue weighted by atomic mass is 35.5. The summed E-state index contributed by atoms with van der Waals surface area (Å²) in [5.74, 6) is 0.263. The first-order valence-corrected chi connectivity index (χ1v) is 11.7. The lowest BCUT2D eigenvalue weighted by Gasteiger charge is -2.30. The Hall–Kier alpha value is -3.23. The molecule has 1 saturated heterocycles. The lowest BCUT2D eigenvalue weighted by molar-refractivity contribution is -0.121. The topological polar surface area (TPSA) is 97.6 Å². The number of piperidine rings is 1. The normalized spacial score (nSPS) is 16.3. The SMILES string of the molecule is CCOC(=O)c1cc(NC(=O)C2CCCN(Cc3nc(-c4cccc(C)c4)no3)C2)ccc1Cl. The monoisotopic (exact) mass is 482 g/mol. The van der Waals surface area contributed by atoms with E-state index in [9.17, 15) is 9.59 Å². The lowest BCUT2D eigenvalue weighted by atomic mass is 9.97. The van der Waals surface area contributed by atoms with E-state index in [0.29, 0.717) is 30.5 Å². The van der Waals surface area contributed by atoms with Crippen LogP contribution in [0.3, 0.4) is 0 Å². The average molecular weight is 483 g/mol. The third-order valence-corrected chi connectivity index (χ3v) is 6.04. The minimum atomic E-state index is -0.517. The van der Waals surface area contributed by atoms with Crippen molar-refractivity contribution in [3.05, 3.63) is 64.5 Å². The molecule has 1 N–H and O–H groups in total. The second-order valence-corrected chi connectivity index (χ2v) is 8.77. The number of nitrogens with zero attached hydrogens (tertiary/aromatic N) is 3. The first kappa shape index (κ1) is 23.9. The molecule has 8 nitrogen and oxygen atoms in total. The largest absolute Gasteiger partial charge is 0.462 e. The molecule has 0 radical (unpaired) electrons. The van der Waals surface area contributed by atoms with Crippen molar-refractivity contribution in [1.82, 2.24) is 15.0 Å². The van der Waals surface area contributed by atoms with Crippen LogP contribution in [0.1, 0.15) is 41.6 Å². The number of anilines is 1. The van der Waals surface area contributed by atoms with E-state index in [-0.39, 0.29) is 29.0 Å². The summed E-state index contributed by atoms with van der Waals surface area (Å²) >= 11 is 6.12. The molecule has 1 amide bonds. The molecular formula is C25H27ClN4O4. The maximum atomic E-state index is 12.9. The average Bonchev–Trinajstić information content (AvgIpc) is 3.29. The van der Waals surface area contributed by atoms with Gasteiger partial charge in [0.05, 0.1) is 29.7 Å². The maximum Gasteiger partial charge on any atom is 0.339 e. The molecule has 1 aliphatic rings. The van der Waals surface area contributed by atoms with Crippen molar-refractivity contribution in [3.63, 3.8) is 0 Å². The zero-order valence-corrected chi connectivity index (χ0v) is 20.0. The van der Waals surface area contributed by atoms with Crippen LogP contribution >= 0.6 is 11.6 Å². The number of amides is 1. The number of nitrogens with one attached hydrogen (secondary N) is 1. The molecule has 178 valence electrons. The number of rotatable bonds is 7. The third kappa shape index (κ3) is 5.81. The van der Waals surface area contributed by atoms with Crippen LogP contribution in [0.5, 0.6) is 0 Å². The van der Waals surface area contributed by atoms with Gasteiger partial charge < -0.3 is 14.6 Å². The second kappa shape index (κ2) is 10.8. The molecule has 1 unspecified atom stereocenters. The highest BCUT2D eigenvalue weighted by molar-refractivity contribution is 6.33. The molecular weight excluding hydrogens is 456 g/mol. The second-order valence-electron chi connectivity index (χ2n) is 8.36. The molecule has 2 heterocycles. The molecule has 0 bridgehead atoms. The minimum absolute atomic E-state index is 0.104. The van der Waals surface area contributed by atoms with E-state index in [2.05, 4.69) is 20.4 Å². The highest BCUT2D eigenvalue weighted by Crippen LogP contribution is 2.25. The molecule has 4 rings (SSSR count). The van der Waals surface area contributed by atoms with Gasteiger partial charge >= 0.3 is 5.97 Å². The third-order valence-electron chi connectivity index (χ3n) is 5.71. The summed E-state index contributed by atoms with van der Waals surface area (Å²) in [6.07, 6.45) is 1.66. The van der Waals surface area contributed by atoms with E-state index in [4.69, 9.17) is 20.9 Å². The fourth-order valence-corrected chi connectivity index (χ4v) is 4.23. The summed E-state index contributed by atoms with van der Waals surface area (Å²) in [7, 11) is 0. The minimum Gasteiger partial charge on any atom is -0.462 e. The molecule has 1 fully saturated rings. The van der Waals surface area contributed by atoms with Crippen molar-refractivity contribution in [1.29, 1.82) is 0 Å². The van der Waals surface area contributed by atoms with Crippen molar-refractivity contribution >= 4 is 29.2 Å². The van der Waals surface area contributed by atoms with Crippen LogP contribution in [0.2, 0.25) is 5.02 Å². The zero-order chi connectivity index (χ0) is 24.1. The van der Waals surface area contributed by atoms with Crippen LogP contribution in [0.4, 0.5) is 5.69 Å². The molecule has 1 aliphatic heterocycles. The number of hydrogen-bond acceptors (Lipinski definition) is 7. The van der Waals surface area contributed by atoms with Gasteiger partial charge in [0.15, 0.2) is 0 Å². The number of aromatic nitrogens is 2. The molecule has 0 spiro atoms. The molecule has 1 aromatic heterocycles. The summed E-state index contributed by atoms with van der Waals surface area (Å²) in [6.45, 7) is 5.90. The lowest BCUT2D eigenvalue weighted by Crippen LogP contribution is -2.40. The number of carbonyl (C=O) groups is 2. The Morgan fingerprint density at radius 1 is 1.26 bits per heavy atom. The smallest absolute Gasteiger partial charge is 0.339 e. The van der Waals surface area contributed by atoms with Gasteiger partial charge in [0.25, 0.3) is 0 Å². The van der Waals surface area contributed by atoms with Gasteiger partial charge in [0.2, 0.25) is 17.6 Å². The Kier molecular flexibility index (Phi) is 7.59.